The molecule has 3 nitrogen and oxygen atoms in total. The number of hydrogen-bond acceptors (Lipinski definition) is 3. The largest absolute Gasteiger partial charge is 0.373 e. The third kappa shape index (κ3) is 3.22. The zero-order valence-electron chi connectivity index (χ0n) is 14.1. The molecule has 22 heavy (non-hydrogen) atoms. The van der Waals surface area contributed by atoms with Crippen LogP contribution in [0.3, 0.4) is 0 Å². The second kappa shape index (κ2) is 7.19. The van der Waals surface area contributed by atoms with Crippen LogP contribution in [0.25, 0.3) is 0 Å². The molecule has 126 valence electrons. The summed E-state index contributed by atoms with van der Waals surface area (Å²) in [7, 11) is 0. The van der Waals surface area contributed by atoms with Crippen molar-refractivity contribution in [2.75, 3.05) is 13.1 Å². The lowest BCUT2D eigenvalue weighted by atomic mass is 9.83. The van der Waals surface area contributed by atoms with Crippen LogP contribution in [0, 0.1) is 0 Å². The van der Waals surface area contributed by atoms with Crippen molar-refractivity contribution in [1.82, 2.24) is 10.2 Å². The highest BCUT2D eigenvalue weighted by atomic mass is 16.5. The first-order valence-corrected chi connectivity index (χ1v) is 10.1. The number of rotatable bonds is 3. The van der Waals surface area contributed by atoms with Gasteiger partial charge in [-0.05, 0) is 38.5 Å². The Bertz CT molecular complexity index is 353. The molecule has 4 rings (SSSR count). The summed E-state index contributed by atoms with van der Waals surface area (Å²) in [5.41, 5.74) is 0. The summed E-state index contributed by atoms with van der Waals surface area (Å²) in [4.78, 5) is 2.89. The van der Waals surface area contributed by atoms with Crippen molar-refractivity contribution in [3.63, 3.8) is 0 Å². The summed E-state index contributed by atoms with van der Waals surface area (Å²) in [5, 5.41) is 3.80. The average Bonchev–Trinajstić information content (AvgIpc) is 3.08. The second-order valence-corrected chi connectivity index (χ2v) is 8.08. The van der Waals surface area contributed by atoms with E-state index in [9.17, 15) is 0 Å². The highest BCUT2D eigenvalue weighted by Gasteiger charge is 2.41. The van der Waals surface area contributed by atoms with E-state index < -0.39 is 0 Å². The van der Waals surface area contributed by atoms with E-state index in [1.165, 1.54) is 90.1 Å². The van der Waals surface area contributed by atoms with Gasteiger partial charge in [-0.25, -0.2) is 0 Å². The highest BCUT2D eigenvalue weighted by molar-refractivity contribution is 4.97. The topological polar surface area (TPSA) is 24.5 Å². The SMILES string of the molecule is C1CCC(O[C@H]2CCCC[C@@H]2N2CCN[C@@H]3CCCC[C@@H]32)C1. The molecular weight excluding hydrogens is 272 g/mol. The van der Waals surface area contributed by atoms with Gasteiger partial charge in [0.25, 0.3) is 0 Å². The maximum absolute atomic E-state index is 6.64. The Morgan fingerprint density at radius 1 is 0.727 bits per heavy atom. The monoisotopic (exact) mass is 306 g/mol. The van der Waals surface area contributed by atoms with Gasteiger partial charge in [-0.2, -0.15) is 0 Å². The van der Waals surface area contributed by atoms with Crippen molar-refractivity contribution in [2.45, 2.75) is 107 Å². The predicted octanol–water partition coefficient (Wildman–Crippen LogP) is 3.47. The van der Waals surface area contributed by atoms with Crippen LogP contribution in [-0.2, 0) is 4.74 Å². The zero-order chi connectivity index (χ0) is 14.8. The first-order chi connectivity index (χ1) is 10.9. The second-order valence-electron chi connectivity index (χ2n) is 8.08. The van der Waals surface area contributed by atoms with E-state index in [0.29, 0.717) is 18.2 Å². The van der Waals surface area contributed by atoms with Crippen molar-refractivity contribution >= 4 is 0 Å². The van der Waals surface area contributed by atoms with Crippen LogP contribution < -0.4 is 5.32 Å². The number of fused-ring (bicyclic) bond motifs is 1. The summed E-state index contributed by atoms with van der Waals surface area (Å²) in [6, 6.07) is 2.26. The number of ether oxygens (including phenoxy) is 1. The quantitative estimate of drug-likeness (QED) is 0.864. The molecule has 0 spiro atoms. The molecule has 0 amide bonds. The maximum Gasteiger partial charge on any atom is 0.0734 e. The fraction of sp³-hybridized carbons (Fsp3) is 1.00. The number of piperazine rings is 1. The standard InChI is InChI=1S/C19H34N2O/c1-2-8-15(7-1)22-19-12-6-5-11-18(19)21-14-13-20-16-9-3-4-10-17(16)21/h15-20H,1-14H2/t16-,17+,18+,19+/m1/s1. The van der Waals surface area contributed by atoms with Gasteiger partial charge >= 0.3 is 0 Å². The summed E-state index contributed by atoms with van der Waals surface area (Å²) >= 11 is 0. The van der Waals surface area contributed by atoms with E-state index in [-0.39, 0.29) is 0 Å². The number of hydrogen-bond donors (Lipinski definition) is 1. The van der Waals surface area contributed by atoms with E-state index in [1.54, 1.807) is 0 Å². The first kappa shape index (κ1) is 15.4. The third-order valence-corrected chi connectivity index (χ3v) is 6.70. The van der Waals surface area contributed by atoms with Crippen molar-refractivity contribution in [3.8, 4) is 0 Å². The Labute approximate surface area is 136 Å². The normalized spacial score (nSPS) is 41.5. The third-order valence-electron chi connectivity index (χ3n) is 6.70. The van der Waals surface area contributed by atoms with Crippen LogP contribution >= 0.6 is 0 Å². The van der Waals surface area contributed by atoms with Gasteiger partial charge in [0.15, 0.2) is 0 Å². The van der Waals surface area contributed by atoms with Gasteiger partial charge in [0.1, 0.15) is 0 Å². The molecule has 0 aromatic carbocycles. The van der Waals surface area contributed by atoms with E-state index in [0.717, 1.165) is 12.1 Å². The molecule has 0 aromatic rings. The molecule has 4 fully saturated rings. The molecule has 0 aromatic heterocycles. The van der Waals surface area contributed by atoms with Gasteiger partial charge in [0, 0.05) is 31.2 Å². The van der Waals surface area contributed by atoms with Crippen LogP contribution in [0.15, 0.2) is 0 Å². The van der Waals surface area contributed by atoms with Crippen LogP contribution in [-0.4, -0.2) is 48.3 Å². The Balaban J connectivity index is 1.45. The minimum Gasteiger partial charge on any atom is -0.373 e. The molecule has 1 saturated heterocycles. The predicted molar refractivity (Wildman–Crippen MR) is 90.1 cm³/mol. The average molecular weight is 306 g/mol. The smallest absolute Gasteiger partial charge is 0.0734 e. The van der Waals surface area contributed by atoms with Gasteiger partial charge in [0.2, 0.25) is 0 Å². The maximum atomic E-state index is 6.64. The van der Waals surface area contributed by atoms with E-state index in [1.807, 2.05) is 0 Å². The molecular formula is C19H34N2O. The lowest BCUT2D eigenvalue weighted by molar-refractivity contribution is -0.0931. The minimum atomic E-state index is 0.525. The van der Waals surface area contributed by atoms with E-state index in [4.69, 9.17) is 4.74 Å². The first-order valence-electron chi connectivity index (χ1n) is 10.1. The fourth-order valence-corrected chi connectivity index (χ4v) is 5.59. The molecule has 3 heteroatoms. The molecule has 4 aliphatic rings. The number of nitrogens with zero attached hydrogens (tertiary/aromatic N) is 1. The van der Waals surface area contributed by atoms with Crippen LogP contribution in [0.1, 0.15) is 77.0 Å². The fourth-order valence-electron chi connectivity index (χ4n) is 5.59. The van der Waals surface area contributed by atoms with E-state index in [2.05, 4.69) is 10.2 Å². The van der Waals surface area contributed by atoms with Crippen molar-refractivity contribution in [2.24, 2.45) is 0 Å². The van der Waals surface area contributed by atoms with Crippen molar-refractivity contribution in [3.05, 3.63) is 0 Å². The minimum absolute atomic E-state index is 0.525. The van der Waals surface area contributed by atoms with Crippen LogP contribution in [0.4, 0.5) is 0 Å². The number of nitrogens with one attached hydrogen (secondary N) is 1. The van der Waals surface area contributed by atoms with E-state index >= 15 is 0 Å². The summed E-state index contributed by atoms with van der Waals surface area (Å²) in [6.45, 7) is 2.43. The summed E-state index contributed by atoms with van der Waals surface area (Å²) < 4.78 is 6.64. The molecule has 1 aliphatic heterocycles. The van der Waals surface area contributed by atoms with Crippen molar-refractivity contribution in [1.29, 1.82) is 0 Å². The van der Waals surface area contributed by atoms with Gasteiger partial charge in [0.05, 0.1) is 12.2 Å². The molecule has 4 atom stereocenters. The lowest BCUT2D eigenvalue weighted by Crippen LogP contribution is -2.64. The molecule has 0 unspecified atom stereocenters. The molecule has 3 saturated carbocycles. The van der Waals surface area contributed by atoms with Gasteiger partial charge in [-0.3, -0.25) is 4.90 Å². The Hall–Kier alpha value is -0.120. The molecule has 0 radical (unpaired) electrons. The highest BCUT2D eigenvalue weighted by Crippen LogP contribution is 2.35. The van der Waals surface area contributed by atoms with Gasteiger partial charge in [-0.15, -0.1) is 0 Å². The molecule has 3 aliphatic carbocycles. The zero-order valence-corrected chi connectivity index (χ0v) is 14.1. The Kier molecular flexibility index (Phi) is 5.04. The Morgan fingerprint density at radius 3 is 2.27 bits per heavy atom. The van der Waals surface area contributed by atoms with Gasteiger partial charge < -0.3 is 10.1 Å². The van der Waals surface area contributed by atoms with Crippen LogP contribution in [0.5, 0.6) is 0 Å². The van der Waals surface area contributed by atoms with Crippen molar-refractivity contribution < 1.29 is 4.74 Å². The summed E-state index contributed by atoms with van der Waals surface area (Å²) in [6.07, 6.45) is 17.6. The molecule has 0 bridgehead atoms. The lowest BCUT2D eigenvalue weighted by Gasteiger charge is -2.51. The molecule has 1 N–H and O–H groups in total. The molecule has 1 heterocycles. The summed E-state index contributed by atoms with van der Waals surface area (Å²) in [5.74, 6) is 0. The van der Waals surface area contributed by atoms with Gasteiger partial charge in [-0.1, -0.05) is 38.5 Å². The Morgan fingerprint density at radius 2 is 1.41 bits per heavy atom. The van der Waals surface area contributed by atoms with Crippen LogP contribution in [0.2, 0.25) is 0 Å².